The van der Waals surface area contributed by atoms with Crippen LogP contribution >= 0.6 is 0 Å². The number of pyridine rings is 1. The average molecular weight is 276 g/mol. The van der Waals surface area contributed by atoms with Crippen LogP contribution in [0, 0.1) is 10.1 Å². The van der Waals surface area contributed by atoms with Gasteiger partial charge in [0.25, 0.3) is 5.69 Å². The average Bonchev–Trinajstić information content (AvgIpc) is 2.56. The molecule has 0 bridgehead atoms. The summed E-state index contributed by atoms with van der Waals surface area (Å²) in [5.74, 6) is 0. The van der Waals surface area contributed by atoms with Gasteiger partial charge < -0.3 is 0 Å². The molecule has 1 heterocycles. The molecule has 0 fully saturated rings. The Morgan fingerprint density at radius 2 is 1.62 bits per heavy atom. The van der Waals surface area contributed by atoms with E-state index in [1.807, 2.05) is 54.6 Å². The normalized spacial score (nSPS) is 10.3. The number of hydrogen-bond acceptors (Lipinski definition) is 3. The van der Waals surface area contributed by atoms with Crippen molar-refractivity contribution in [1.82, 2.24) is 4.98 Å². The summed E-state index contributed by atoms with van der Waals surface area (Å²) >= 11 is 0. The molecule has 21 heavy (non-hydrogen) atoms. The molecular formula is C17H12N2O2. The van der Waals surface area contributed by atoms with Crippen molar-refractivity contribution in [2.24, 2.45) is 0 Å². The maximum Gasteiger partial charge on any atom is 0.277 e. The first kappa shape index (κ1) is 13.0. The fourth-order valence-electron chi connectivity index (χ4n) is 2.24. The summed E-state index contributed by atoms with van der Waals surface area (Å²) in [6, 6.07) is 20.1. The minimum Gasteiger partial charge on any atom is -0.258 e. The Morgan fingerprint density at radius 3 is 2.29 bits per heavy atom. The number of rotatable bonds is 3. The lowest BCUT2D eigenvalue weighted by Gasteiger charge is -2.06. The van der Waals surface area contributed by atoms with Gasteiger partial charge in [0.2, 0.25) is 0 Å². The van der Waals surface area contributed by atoms with Gasteiger partial charge in [-0.15, -0.1) is 0 Å². The Balaban J connectivity index is 2.14. The van der Waals surface area contributed by atoms with Crippen LogP contribution in [0.4, 0.5) is 5.69 Å². The highest BCUT2D eigenvalue weighted by molar-refractivity contribution is 5.78. The quantitative estimate of drug-likeness (QED) is 0.528. The topological polar surface area (TPSA) is 56.0 Å². The summed E-state index contributed by atoms with van der Waals surface area (Å²) in [6.07, 6.45) is 1.67. The van der Waals surface area contributed by atoms with Gasteiger partial charge in [0.05, 0.1) is 16.2 Å². The number of benzene rings is 2. The van der Waals surface area contributed by atoms with E-state index in [4.69, 9.17) is 0 Å². The highest BCUT2D eigenvalue weighted by Crippen LogP contribution is 2.33. The summed E-state index contributed by atoms with van der Waals surface area (Å²) in [6.45, 7) is 0. The van der Waals surface area contributed by atoms with Gasteiger partial charge in [-0.3, -0.25) is 15.1 Å². The molecule has 4 nitrogen and oxygen atoms in total. The van der Waals surface area contributed by atoms with Crippen molar-refractivity contribution >= 4 is 5.69 Å². The molecule has 102 valence electrons. The van der Waals surface area contributed by atoms with E-state index in [0.29, 0.717) is 5.56 Å². The first-order valence-electron chi connectivity index (χ1n) is 6.51. The van der Waals surface area contributed by atoms with Crippen molar-refractivity contribution in [3.63, 3.8) is 0 Å². The number of aromatic nitrogens is 1. The van der Waals surface area contributed by atoms with Crippen LogP contribution in [0.3, 0.4) is 0 Å². The molecule has 0 spiro atoms. The van der Waals surface area contributed by atoms with E-state index in [1.54, 1.807) is 18.3 Å². The molecule has 0 atom stereocenters. The van der Waals surface area contributed by atoms with Crippen LogP contribution in [0.25, 0.3) is 22.4 Å². The van der Waals surface area contributed by atoms with Crippen LogP contribution in [0.1, 0.15) is 0 Å². The van der Waals surface area contributed by atoms with Gasteiger partial charge in [-0.05, 0) is 23.8 Å². The zero-order valence-corrected chi connectivity index (χ0v) is 11.1. The Bertz CT molecular complexity index is 771. The van der Waals surface area contributed by atoms with Crippen molar-refractivity contribution in [3.8, 4) is 22.4 Å². The van der Waals surface area contributed by atoms with Crippen molar-refractivity contribution in [2.45, 2.75) is 0 Å². The van der Waals surface area contributed by atoms with Crippen LogP contribution in [-0.2, 0) is 0 Å². The Kier molecular flexibility index (Phi) is 3.43. The van der Waals surface area contributed by atoms with Crippen molar-refractivity contribution < 1.29 is 4.92 Å². The molecule has 0 aliphatic carbocycles. The molecule has 0 radical (unpaired) electrons. The minimum absolute atomic E-state index is 0.0874. The van der Waals surface area contributed by atoms with Crippen LogP contribution in [-0.4, -0.2) is 9.91 Å². The zero-order chi connectivity index (χ0) is 14.7. The molecule has 0 aliphatic rings. The molecule has 0 N–H and O–H groups in total. The van der Waals surface area contributed by atoms with Gasteiger partial charge in [-0.1, -0.05) is 42.5 Å². The van der Waals surface area contributed by atoms with Crippen LogP contribution in [0.2, 0.25) is 0 Å². The molecule has 1 aromatic heterocycles. The van der Waals surface area contributed by atoms with E-state index >= 15 is 0 Å². The zero-order valence-electron chi connectivity index (χ0n) is 11.1. The molecule has 2 aromatic carbocycles. The first-order chi connectivity index (χ1) is 10.3. The summed E-state index contributed by atoms with van der Waals surface area (Å²) < 4.78 is 0. The molecular weight excluding hydrogens is 264 g/mol. The summed E-state index contributed by atoms with van der Waals surface area (Å²) in [4.78, 5) is 15.2. The first-order valence-corrected chi connectivity index (χ1v) is 6.51. The van der Waals surface area contributed by atoms with Gasteiger partial charge in [-0.25, -0.2) is 0 Å². The second-order valence-corrected chi connectivity index (χ2v) is 4.57. The number of hydrogen-bond donors (Lipinski definition) is 0. The molecule has 0 unspecified atom stereocenters. The standard InChI is InChI=1S/C17H12N2O2/c20-19(21)17-12-14(16-8-4-5-11-18-16)9-10-15(17)13-6-2-1-3-7-13/h1-12H. The Labute approximate surface area is 121 Å². The lowest BCUT2D eigenvalue weighted by atomic mass is 10.0. The fraction of sp³-hybridized carbons (Fsp3) is 0. The largest absolute Gasteiger partial charge is 0.277 e. The summed E-state index contributed by atoms with van der Waals surface area (Å²) in [5.41, 5.74) is 2.99. The lowest BCUT2D eigenvalue weighted by molar-refractivity contribution is -0.384. The molecule has 0 aliphatic heterocycles. The highest BCUT2D eigenvalue weighted by Gasteiger charge is 2.16. The number of nitro groups is 1. The SMILES string of the molecule is O=[N+]([O-])c1cc(-c2ccccn2)ccc1-c1ccccc1. The van der Waals surface area contributed by atoms with Gasteiger partial charge in [0, 0.05) is 17.8 Å². The number of nitrogens with zero attached hydrogens (tertiary/aromatic N) is 2. The van der Waals surface area contributed by atoms with E-state index < -0.39 is 0 Å². The van der Waals surface area contributed by atoms with Gasteiger partial charge in [-0.2, -0.15) is 0 Å². The van der Waals surface area contributed by atoms with E-state index in [1.165, 1.54) is 0 Å². The van der Waals surface area contributed by atoms with Crippen molar-refractivity contribution in [1.29, 1.82) is 0 Å². The maximum absolute atomic E-state index is 11.4. The molecule has 0 saturated carbocycles. The van der Waals surface area contributed by atoms with Gasteiger partial charge in [0.15, 0.2) is 0 Å². The smallest absolute Gasteiger partial charge is 0.258 e. The summed E-state index contributed by atoms with van der Waals surface area (Å²) in [5, 5.41) is 11.4. The van der Waals surface area contributed by atoms with Crippen molar-refractivity contribution in [2.75, 3.05) is 0 Å². The molecule has 0 saturated heterocycles. The van der Waals surface area contributed by atoms with E-state index in [0.717, 1.165) is 16.8 Å². The maximum atomic E-state index is 11.4. The van der Waals surface area contributed by atoms with Crippen LogP contribution < -0.4 is 0 Å². The minimum atomic E-state index is -0.352. The molecule has 3 rings (SSSR count). The second-order valence-electron chi connectivity index (χ2n) is 4.57. The van der Waals surface area contributed by atoms with Crippen LogP contribution in [0.15, 0.2) is 72.9 Å². The van der Waals surface area contributed by atoms with Crippen molar-refractivity contribution in [3.05, 3.63) is 83.0 Å². The fourth-order valence-corrected chi connectivity index (χ4v) is 2.24. The Morgan fingerprint density at radius 1 is 0.857 bits per heavy atom. The Hall–Kier alpha value is -3.01. The lowest BCUT2D eigenvalue weighted by Crippen LogP contribution is -1.93. The highest BCUT2D eigenvalue weighted by atomic mass is 16.6. The van der Waals surface area contributed by atoms with Crippen LogP contribution in [0.5, 0.6) is 0 Å². The summed E-state index contributed by atoms with van der Waals surface area (Å²) in [7, 11) is 0. The van der Waals surface area contributed by atoms with E-state index in [9.17, 15) is 10.1 Å². The monoisotopic (exact) mass is 276 g/mol. The van der Waals surface area contributed by atoms with Gasteiger partial charge in [0.1, 0.15) is 0 Å². The predicted molar refractivity (Wildman–Crippen MR) is 81.8 cm³/mol. The van der Waals surface area contributed by atoms with E-state index in [2.05, 4.69) is 4.98 Å². The molecule has 3 aromatic rings. The van der Waals surface area contributed by atoms with Gasteiger partial charge >= 0.3 is 0 Å². The third-order valence-corrected chi connectivity index (χ3v) is 3.24. The number of nitro benzene ring substituents is 1. The predicted octanol–water partition coefficient (Wildman–Crippen LogP) is 4.32. The third kappa shape index (κ3) is 2.65. The molecule has 4 heteroatoms. The third-order valence-electron chi connectivity index (χ3n) is 3.24. The molecule has 0 amide bonds. The van der Waals surface area contributed by atoms with E-state index in [-0.39, 0.29) is 10.6 Å². The second kappa shape index (κ2) is 5.54.